The molecule has 2 aromatic heterocycles. The topological polar surface area (TPSA) is 267 Å². The van der Waals surface area contributed by atoms with Crippen LogP contribution in [0.15, 0.2) is 12.7 Å². The van der Waals surface area contributed by atoms with E-state index >= 15 is 0 Å². The van der Waals surface area contributed by atoms with Crippen molar-refractivity contribution in [2.45, 2.75) is 88.7 Å². The number of ether oxygens (including phenoxy) is 1. The quantitative estimate of drug-likeness (QED) is 0.137. The Morgan fingerprint density at radius 1 is 1.05 bits per heavy atom. The summed E-state index contributed by atoms with van der Waals surface area (Å²) >= 11 is 0. The van der Waals surface area contributed by atoms with Crippen LogP contribution in [-0.2, 0) is 19.1 Å². The third kappa shape index (κ3) is 6.96. The predicted octanol–water partition coefficient (Wildman–Crippen LogP) is -2.42. The molecule has 0 radical (unpaired) electrons. The molecule has 3 heterocycles. The van der Waals surface area contributed by atoms with Gasteiger partial charge < -0.3 is 47.9 Å². The molecule has 0 saturated carbocycles. The molecule has 0 aromatic carbocycles. The van der Waals surface area contributed by atoms with Crippen molar-refractivity contribution < 1.29 is 34.4 Å². The van der Waals surface area contributed by atoms with E-state index in [0.717, 1.165) is 0 Å². The molecule has 0 spiro atoms. The summed E-state index contributed by atoms with van der Waals surface area (Å²) in [6.45, 7) is 4.74. The Labute approximate surface area is 224 Å². The Morgan fingerprint density at radius 3 is 2.38 bits per heavy atom. The van der Waals surface area contributed by atoms with Crippen LogP contribution in [0.5, 0.6) is 0 Å². The molecule has 39 heavy (non-hydrogen) atoms. The lowest BCUT2D eigenvalue weighted by atomic mass is 9.97. The van der Waals surface area contributed by atoms with Gasteiger partial charge in [-0.3, -0.25) is 19.0 Å². The van der Waals surface area contributed by atoms with E-state index in [0.29, 0.717) is 11.2 Å². The van der Waals surface area contributed by atoms with E-state index in [1.807, 2.05) is 0 Å². The highest BCUT2D eigenvalue weighted by atomic mass is 16.6. The third-order valence-corrected chi connectivity index (χ3v) is 6.69. The first-order valence-electron chi connectivity index (χ1n) is 12.6. The van der Waals surface area contributed by atoms with Gasteiger partial charge in [-0.05, 0) is 32.1 Å². The number of carbonyl (C=O) groups excluding carboxylic acids is 2. The standard InChI is InChI=1S/C23H37N9O7/c1-9(2)14(21(36)30-10(3)23(37)38)31-20(35)12(25)5-4-11(24)6-13-16(33)17(34)22(39-13)32-8-29-15-18(26)27-7-28-19(15)32/h7-14,16-17,22,33-34H,4-6,24-25H2,1-3H3,(H,30,36)(H,31,35)(H,37,38)(H2,26,27,28)/t10-,11?,12?,13+,14-,16+,17+,22+/m0/s1. The number of imidazole rings is 1. The van der Waals surface area contributed by atoms with E-state index in [1.165, 1.54) is 24.1 Å². The fraction of sp³-hybridized carbons (Fsp3) is 0.652. The Hall–Kier alpha value is -3.44. The number of rotatable bonds is 12. The number of amides is 2. The number of nitrogens with two attached hydrogens (primary N) is 3. The predicted molar refractivity (Wildman–Crippen MR) is 137 cm³/mol. The molecule has 216 valence electrons. The molecular weight excluding hydrogens is 514 g/mol. The highest BCUT2D eigenvalue weighted by Crippen LogP contribution is 2.33. The second kappa shape index (κ2) is 12.6. The smallest absolute Gasteiger partial charge is 0.325 e. The van der Waals surface area contributed by atoms with Gasteiger partial charge in [0.1, 0.15) is 36.1 Å². The van der Waals surface area contributed by atoms with Gasteiger partial charge in [0, 0.05) is 6.04 Å². The summed E-state index contributed by atoms with van der Waals surface area (Å²) in [4.78, 5) is 48.3. The van der Waals surface area contributed by atoms with Crippen molar-refractivity contribution in [1.82, 2.24) is 30.2 Å². The van der Waals surface area contributed by atoms with Gasteiger partial charge in [-0.1, -0.05) is 13.8 Å². The largest absolute Gasteiger partial charge is 0.480 e. The summed E-state index contributed by atoms with van der Waals surface area (Å²) in [5.74, 6) is -2.56. The molecule has 3 rings (SSSR count). The van der Waals surface area contributed by atoms with Gasteiger partial charge in [-0.25, -0.2) is 15.0 Å². The number of carboxylic acid groups (broad SMARTS) is 1. The number of carbonyl (C=O) groups is 3. The molecule has 2 aromatic rings. The van der Waals surface area contributed by atoms with Gasteiger partial charge in [0.25, 0.3) is 0 Å². The molecule has 0 bridgehead atoms. The summed E-state index contributed by atoms with van der Waals surface area (Å²) < 4.78 is 7.37. The van der Waals surface area contributed by atoms with Crippen LogP contribution < -0.4 is 27.8 Å². The minimum atomic E-state index is -1.29. The SMILES string of the molecule is CC(C)[C@H](NC(=O)C(N)CCC(N)C[C@H]1O[C@@H](n2cnc3c(N)ncnc32)[C@H](O)[C@@H]1O)C(=O)N[C@@H](C)C(=O)O. The Morgan fingerprint density at radius 2 is 1.74 bits per heavy atom. The normalized spacial score (nSPS) is 24.3. The van der Waals surface area contributed by atoms with Gasteiger partial charge in [0.05, 0.1) is 18.5 Å². The van der Waals surface area contributed by atoms with Crippen molar-refractivity contribution in [3.05, 3.63) is 12.7 Å². The fourth-order valence-corrected chi connectivity index (χ4v) is 4.31. The Kier molecular flexibility index (Phi) is 9.73. The highest BCUT2D eigenvalue weighted by molar-refractivity contribution is 5.91. The number of hydrogen-bond donors (Lipinski definition) is 8. The van der Waals surface area contributed by atoms with Crippen molar-refractivity contribution in [1.29, 1.82) is 0 Å². The summed E-state index contributed by atoms with van der Waals surface area (Å²) in [5.41, 5.74) is 18.7. The first-order chi connectivity index (χ1) is 18.3. The number of aliphatic carboxylic acids is 1. The average molecular weight is 552 g/mol. The van der Waals surface area contributed by atoms with Gasteiger partial charge in [-0.2, -0.15) is 0 Å². The third-order valence-electron chi connectivity index (χ3n) is 6.69. The van der Waals surface area contributed by atoms with Crippen molar-refractivity contribution >= 4 is 34.8 Å². The molecule has 2 unspecified atom stereocenters. The molecule has 16 nitrogen and oxygen atoms in total. The van der Waals surface area contributed by atoms with Crippen molar-refractivity contribution in [3.63, 3.8) is 0 Å². The second-order valence-electron chi connectivity index (χ2n) is 10.1. The number of fused-ring (bicyclic) bond motifs is 1. The number of nitrogens with one attached hydrogen (secondary N) is 2. The number of aliphatic hydroxyl groups is 2. The van der Waals surface area contributed by atoms with Crippen LogP contribution in [-0.4, -0.2) is 95.1 Å². The minimum absolute atomic E-state index is 0.164. The van der Waals surface area contributed by atoms with Crippen molar-refractivity contribution in [2.75, 3.05) is 5.73 Å². The molecule has 1 aliphatic rings. The molecule has 8 atom stereocenters. The van der Waals surface area contributed by atoms with E-state index in [-0.39, 0.29) is 31.0 Å². The van der Waals surface area contributed by atoms with Gasteiger partial charge in [-0.15, -0.1) is 0 Å². The van der Waals surface area contributed by atoms with Gasteiger partial charge in [0.2, 0.25) is 11.8 Å². The molecule has 0 aliphatic carbocycles. The lowest BCUT2D eigenvalue weighted by Gasteiger charge is -2.25. The molecule has 11 N–H and O–H groups in total. The van der Waals surface area contributed by atoms with E-state index in [4.69, 9.17) is 27.0 Å². The minimum Gasteiger partial charge on any atom is -0.480 e. The zero-order valence-electron chi connectivity index (χ0n) is 22.0. The number of aromatic nitrogens is 4. The summed E-state index contributed by atoms with van der Waals surface area (Å²) in [5, 5.41) is 35.1. The summed E-state index contributed by atoms with van der Waals surface area (Å²) in [6, 6.07) is -3.61. The maximum Gasteiger partial charge on any atom is 0.325 e. The molecule has 1 aliphatic heterocycles. The highest BCUT2D eigenvalue weighted by Gasteiger charge is 2.44. The van der Waals surface area contributed by atoms with Crippen LogP contribution in [0.3, 0.4) is 0 Å². The fourth-order valence-electron chi connectivity index (χ4n) is 4.31. The van der Waals surface area contributed by atoms with E-state index in [9.17, 15) is 24.6 Å². The number of aliphatic hydroxyl groups excluding tert-OH is 2. The number of carboxylic acids is 1. The van der Waals surface area contributed by atoms with Gasteiger partial charge >= 0.3 is 5.97 Å². The molecule has 1 saturated heterocycles. The van der Waals surface area contributed by atoms with Crippen LogP contribution in [0, 0.1) is 5.92 Å². The first-order valence-corrected chi connectivity index (χ1v) is 12.6. The van der Waals surface area contributed by atoms with Crippen LogP contribution in [0.4, 0.5) is 5.82 Å². The second-order valence-corrected chi connectivity index (χ2v) is 10.1. The molecular formula is C23H37N9O7. The Bertz CT molecular complexity index is 1180. The van der Waals surface area contributed by atoms with Crippen molar-refractivity contribution in [2.24, 2.45) is 17.4 Å². The van der Waals surface area contributed by atoms with Crippen LogP contribution >= 0.6 is 0 Å². The van der Waals surface area contributed by atoms with Crippen LogP contribution in [0.25, 0.3) is 11.2 Å². The maximum absolute atomic E-state index is 12.6. The zero-order chi connectivity index (χ0) is 29.0. The van der Waals surface area contributed by atoms with E-state index in [2.05, 4.69) is 25.6 Å². The van der Waals surface area contributed by atoms with Crippen LogP contribution in [0.1, 0.15) is 46.3 Å². The molecule has 16 heteroatoms. The number of anilines is 1. The first kappa shape index (κ1) is 30.1. The zero-order valence-corrected chi connectivity index (χ0v) is 22.0. The monoisotopic (exact) mass is 551 g/mol. The molecule has 2 amide bonds. The maximum atomic E-state index is 12.6. The van der Waals surface area contributed by atoms with Crippen molar-refractivity contribution in [3.8, 4) is 0 Å². The number of nitrogen functional groups attached to an aromatic ring is 1. The average Bonchev–Trinajstić information content (AvgIpc) is 3.42. The number of nitrogens with zero attached hydrogens (tertiary/aromatic N) is 4. The lowest BCUT2D eigenvalue weighted by Crippen LogP contribution is -2.56. The molecule has 1 fully saturated rings. The number of hydrogen-bond acceptors (Lipinski definition) is 12. The summed E-state index contributed by atoms with van der Waals surface area (Å²) in [6.07, 6.45) is -1.05. The summed E-state index contributed by atoms with van der Waals surface area (Å²) in [7, 11) is 0. The van der Waals surface area contributed by atoms with Gasteiger partial charge in [0.15, 0.2) is 17.7 Å². The lowest BCUT2D eigenvalue weighted by molar-refractivity contribution is -0.142. The van der Waals surface area contributed by atoms with E-state index in [1.54, 1.807) is 13.8 Å². The Balaban J connectivity index is 1.53. The van der Waals surface area contributed by atoms with E-state index < -0.39 is 66.5 Å². The van der Waals surface area contributed by atoms with Crippen LogP contribution in [0.2, 0.25) is 0 Å².